The highest BCUT2D eigenvalue weighted by atomic mass is 19.3. The Labute approximate surface area is 198 Å². The van der Waals surface area contributed by atoms with Crippen molar-refractivity contribution < 1.29 is 32.3 Å². The highest BCUT2D eigenvalue weighted by molar-refractivity contribution is 5.95. The van der Waals surface area contributed by atoms with Crippen molar-refractivity contribution in [3.8, 4) is 28.7 Å². The second-order valence-electron chi connectivity index (χ2n) is 7.33. The molecule has 178 valence electrons. The summed E-state index contributed by atoms with van der Waals surface area (Å²) in [6.07, 6.45) is 0. The maximum Gasteiger partial charge on any atom is 0.387 e. The highest BCUT2D eigenvalue weighted by Crippen LogP contribution is 2.26. The third-order valence-corrected chi connectivity index (χ3v) is 4.87. The number of aromatic nitrogens is 2. The zero-order valence-electron chi connectivity index (χ0n) is 18.4. The minimum atomic E-state index is -2.94. The van der Waals surface area contributed by atoms with Crippen molar-refractivity contribution in [2.45, 2.75) is 13.5 Å². The van der Waals surface area contributed by atoms with E-state index < -0.39 is 25.1 Å². The number of hydrogen-bond acceptors (Lipinski definition) is 7. The fraction of sp³-hybridized carbons (Fsp3) is 0.120. The number of benzene rings is 3. The number of nitrogens with one attached hydrogen (secondary N) is 1. The van der Waals surface area contributed by atoms with Crippen LogP contribution in [0.2, 0.25) is 0 Å². The molecular formula is C25H19F2N3O5. The summed E-state index contributed by atoms with van der Waals surface area (Å²) in [5.41, 5.74) is 3.02. The van der Waals surface area contributed by atoms with Gasteiger partial charge in [0.05, 0.1) is 5.56 Å². The first-order chi connectivity index (χ1) is 16.9. The van der Waals surface area contributed by atoms with Gasteiger partial charge in [-0.2, -0.15) is 8.78 Å². The van der Waals surface area contributed by atoms with E-state index in [2.05, 4.69) is 20.3 Å². The van der Waals surface area contributed by atoms with Crippen LogP contribution in [0.25, 0.3) is 22.9 Å². The molecular weight excluding hydrogens is 460 g/mol. The number of alkyl halides is 2. The van der Waals surface area contributed by atoms with Crippen molar-refractivity contribution in [2.24, 2.45) is 0 Å². The van der Waals surface area contributed by atoms with Gasteiger partial charge in [0.2, 0.25) is 11.8 Å². The molecule has 1 aromatic heterocycles. The van der Waals surface area contributed by atoms with Crippen LogP contribution in [-0.2, 0) is 9.53 Å². The van der Waals surface area contributed by atoms with Gasteiger partial charge in [-0.3, -0.25) is 4.79 Å². The SMILES string of the molecule is Cc1ccccc1-c1nnc(-c2ccc(C(=O)OCC(=O)Nc3ccc(OC(F)F)cc3)cc2)o1. The quantitative estimate of drug-likeness (QED) is 0.350. The van der Waals surface area contributed by atoms with Crippen molar-refractivity contribution >= 4 is 17.6 Å². The molecule has 0 saturated carbocycles. The lowest BCUT2D eigenvalue weighted by Gasteiger charge is -2.08. The second-order valence-corrected chi connectivity index (χ2v) is 7.33. The first-order valence-electron chi connectivity index (χ1n) is 10.4. The van der Waals surface area contributed by atoms with Crippen molar-refractivity contribution in [3.05, 3.63) is 83.9 Å². The number of halogens is 2. The van der Waals surface area contributed by atoms with E-state index in [0.717, 1.165) is 11.1 Å². The van der Waals surface area contributed by atoms with E-state index in [-0.39, 0.29) is 11.3 Å². The van der Waals surface area contributed by atoms with E-state index in [1.807, 2.05) is 31.2 Å². The summed E-state index contributed by atoms with van der Waals surface area (Å²) in [6.45, 7) is -1.52. The van der Waals surface area contributed by atoms with Crippen molar-refractivity contribution in [3.63, 3.8) is 0 Å². The van der Waals surface area contributed by atoms with Crippen LogP contribution >= 0.6 is 0 Å². The van der Waals surface area contributed by atoms with Crippen molar-refractivity contribution in [2.75, 3.05) is 11.9 Å². The molecule has 8 nitrogen and oxygen atoms in total. The number of rotatable bonds is 8. The molecule has 1 amide bonds. The van der Waals surface area contributed by atoms with E-state index in [0.29, 0.717) is 23.0 Å². The number of ether oxygens (including phenoxy) is 2. The fourth-order valence-corrected chi connectivity index (χ4v) is 3.14. The Balaban J connectivity index is 1.31. The van der Waals surface area contributed by atoms with Crippen LogP contribution in [0.4, 0.5) is 14.5 Å². The lowest BCUT2D eigenvalue weighted by molar-refractivity contribution is -0.119. The van der Waals surface area contributed by atoms with Gasteiger partial charge in [0, 0.05) is 16.8 Å². The molecule has 0 aliphatic carbocycles. The zero-order chi connectivity index (χ0) is 24.8. The van der Waals surface area contributed by atoms with E-state index >= 15 is 0 Å². The van der Waals surface area contributed by atoms with Crippen molar-refractivity contribution in [1.82, 2.24) is 10.2 Å². The van der Waals surface area contributed by atoms with Crippen LogP contribution in [0.5, 0.6) is 5.75 Å². The molecule has 0 spiro atoms. The van der Waals surface area contributed by atoms with Gasteiger partial charge in [-0.25, -0.2) is 4.79 Å². The Kier molecular flexibility index (Phi) is 7.10. The highest BCUT2D eigenvalue weighted by Gasteiger charge is 2.14. The Bertz CT molecular complexity index is 1320. The summed E-state index contributed by atoms with van der Waals surface area (Å²) in [6, 6.07) is 19.3. The number of anilines is 1. The third kappa shape index (κ3) is 6.05. The van der Waals surface area contributed by atoms with Crippen LogP contribution in [-0.4, -0.2) is 35.3 Å². The van der Waals surface area contributed by atoms with Gasteiger partial charge >= 0.3 is 12.6 Å². The molecule has 0 fully saturated rings. The van der Waals surface area contributed by atoms with Crippen LogP contribution in [0.3, 0.4) is 0 Å². The predicted molar refractivity (Wildman–Crippen MR) is 122 cm³/mol. The zero-order valence-corrected chi connectivity index (χ0v) is 18.4. The van der Waals surface area contributed by atoms with Crippen molar-refractivity contribution in [1.29, 1.82) is 0 Å². The first-order valence-corrected chi connectivity index (χ1v) is 10.4. The number of esters is 1. The lowest BCUT2D eigenvalue weighted by atomic mass is 10.1. The van der Waals surface area contributed by atoms with Gasteiger partial charge in [0.15, 0.2) is 6.61 Å². The number of nitrogens with zero attached hydrogens (tertiary/aromatic N) is 2. The Morgan fingerprint density at radius 3 is 2.31 bits per heavy atom. The smallest absolute Gasteiger partial charge is 0.387 e. The summed E-state index contributed by atoms with van der Waals surface area (Å²) in [5, 5.41) is 10.6. The van der Waals surface area contributed by atoms with Crippen LogP contribution in [0.1, 0.15) is 15.9 Å². The van der Waals surface area contributed by atoms with Crippen LogP contribution in [0.15, 0.2) is 77.2 Å². The minimum absolute atomic E-state index is 0.0418. The third-order valence-electron chi connectivity index (χ3n) is 4.87. The molecule has 3 aromatic carbocycles. The van der Waals surface area contributed by atoms with Gasteiger partial charge in [-0.15, -0.1) is 10.2 Å². The molecule has 0 atom stereocenters. The monoisotopic (exact) mass is 479 g/mol. The normalized spacial score (nSPS) is 10.7. The van der Waals surface area contributed by atoms with Gasteiger partial charge in [0.1, 0.15) is 5.75 Å². The molecule has 0 saturated heterocycles. The Hall–Kier alpha value is -4.60. The minimum Gasteiger partial charge on any atom is -0.452 e. The topological polar surface area (TPSA) is 104 Å². The average Bonchev–Trinajstić information content (AvgIpc) is 3.34. The summed E-state index contributed by atoms with van der Waals surface area (Å²) in [5.74, 6) is -0.637. The number of carbonyl (C=O) groups excluding carboxylic acids is 2. The number of hydrogen-bond donors (Lipinski definition) is 1. The van der Waals surface area contributed by atoms with E-state index in [1.54, 1.807) is 12.1 Å². The maximum atomic E-state index is 12.3. The largest absolute Gasteiger partial charge is 0.452 e. The molecule has 10 heteroatoms. The molecule has 0 radical (unpaired) electrons. The Morgan fingerprint density at radius 1 is 0.943 bits per heavy atom. The van der Waals surface area contributed by atoms with Crippen LogP contribution < -0.4 is 10.1 Å². The predicted octanol–water partition coefficient (Wildman–Crippen LogP) is 5.11. The van der Waals surface area contributed by atoms with E-state index in [4.69, 9.17) is 9.15 Å². The number of aryl methyl sites for hydroxylation is 1. The molecule has 0 aliphatic heterocycles. The molecule has 0 bridgehead atoms. The summed E-state index contributed by atoms with van der Waals surface area (Å²) in [7, 11) is 0. The number of amides is 1. The molecule has 35 heavy (non-hydrogen) atoms. The first kappa shape index (κ1) is 23.6. The molecule has 0 aliphatic rings. The van der Waals surface area contributed by atoms with E-state index in [9.17, 15) is 18.4 Å². The second kappa shape index (κ2) is 10.6. The fourth-order valence-electron chi connectivity index (χ4n) is 3.14. The summed E-state index contributed by atoms with van der Waals surface area (Å²) in [4.78, 5) is 24.3. The molecule has 1 heterocycles. The maximum absolute atomic E-state index is 12.3. The summed E-state index contributed by atoms with van der Waals surface area (Å²) < 4.78 is 39.4. The number of carbonyl (C=O) groups is 2. The average molecular weight is 479 g/mol. The van der Waals surface area contributed by atoms with Gasteiger partial charge in [-0.05, 0) is 67.1 Å². The summed E-state index contributed by atoms with van der Waals surface area (Å²) >= 11 is 0. The van der Waals surface area contributed by atoms with Crippen LogP contribution in [0, 0.1) is 6.92 Å². The molecule has 4 aromatic rings. The van der Waals surface area contributed by atoms with Gasteiger partial charge < -0.3 is 19.2 Å². The lowest BCUT2D eigenvalue weighted by Crippen LogP contribution is -2.20. The standard InChI is InChI=1S/C25H19F2N3O5/c1-15-4-2-3-5-20(15)23-30-29-22(35-23)16-6-8-17(9-7-16)24(32)33-14-21(31)28-18-10-12-19(13-11-18)34-25(26)27/h2-13,25H,14H2,1H3,(H,28,31). The Morgan fingerprint density at radius 2 is 1.63 bits per heavy atom. The molecule has 0 unspecified atom stereocenters. The van der Waals surface area contributed by atoms with Gasteiger partial charge in [0.25, 0.3) is 5.91 Å². The van der Waals surface area contributed by atoms with E-state index in [1.165, 1.54) is 36.4 Å². The van der Waals surface area contributed by atoms with Gasteiger partial charge in [-0.1, -0.05) is 18.2 Å². The molecule has 1 N–H and O–H groups in total. The molecule has 4 rings (SSSR count).